The van der Waals surface area contributed by atoms with Crippen molar-refractivity contribution in [2.75, 3.05) is 12.0 Å². The lowest BCUT2D eigenvalue weighted by atomic mass is 9.91. The normalized spacial score (nSPS) is 38.5. The number of aliphatic hydroxyl groups excluding tert-OH is 1. The molecule has 0 radical (unpaired) electrons. The average Bonchev–Trinajstić information content (AvgIpc) is 2.80. The fourth-order valence-electron chi connectivity index (χ4n) is 3.14. The summed E-state index contributed by atoms with van der Waals surface area (Å²) in [5, 5.41) is 23.1. The van der Waals surface area contributed by atoms with Crippen LogP contribution in [0, 0.1) is 0 Å². The van der Waals surface area contributed by atoms with E-state index in [1.807, 2.05) is 0 Å². The third kappa shape index (κ3) is 1.68. The molecule has 1 aliphatic carbocycles. The monoisotopic (exact) mass is 359 g/mol. The fraction of sp³-hybridized carbons (Fsp3) is 0.583. The first-order chi connectivity index (χ1) is 11.0. The van der Waals surface area contributed by atoms with E-state index in [1.165, 1.54) is 6.20 Å². The van der Waals surface area contributed by atoms with E-state index in [1.54, 1.807) is 0 Å². The molecule has 5 atom stereocenters. The molecule has 10 nitrogen and oxygen atoms in total. The second-order valence-corrected chi connectivity index (χ2v) is 8.16. The molecular weight excluding hydrogens is 345 g/mol. The molecule has 0 bridgehead atoms. The molecule has 0 spiro atoms. The highest BCUT2D eigenvalue weighted by Crippen LogP contribution is 2.62. The van der Waals surface area contributed by atoms with Crippen molar-refractivity contribution in [2.24, 2.45) is 0 Å². The van der Waals surface area contributed by atoms with Gasteiger partial charge in [0.25, 0.3) is 5.16 Å². The molecule has 1 saturated heterocycles. The van der Waals surface area contributed by atoms with Gasteiger partial charge in [-0.05, 0) is 6.92 Å². The first kappa shape index (κ1) is 15.6. The number of sulfone groups is 1. The lowest BCUT2D eigenvalue weighted by Crippen LogP contribution is -2.43. The summed E-state index contributed by atoms with van der Waals surface area (Å²) in [5.74, 6) is -0.195. The summed E-state index contributed by atoms with van der Waals surface area (Å²) in [4.78, 5) is 7.63. The Morgan fingerprint density at radius 1 is 1.50 bits per heavy atom. The van der Waals surface area contributed by atoms with Gasteiger partial charge >= 0.3 is 0 Å². The number of nitrogens with zero attached hydrogens (tertiary/aromatic N) is 4. The highest BCUT2D eigenvalue weighted by molar-refractivity contribution is 7.90. The number of rotatable bonds is 2. The highest BCUT2D eigenvalue weighted by Gasteiger charge is 2.83. The number of anilines is 1. The van der Waals surface area contributed by atoms with Crippen LogP contribution in [0.4, 0.5) is 10.2 Å². The molecule has 5 unspecified atom stereocenters. The van der Waals surface area contributed by atoms with Crippen molar-refractivity contribution >= 4 is 21.3 Å². The predicted octanol–water partition coefficient (Wildman–Crippen LogP) is -1.62. The Kier molecular flexibility index (Phi) is 2.73. The number of hydrogen-bond acceptors (Lipinski definition) is 9. The second-order valence-electron chi connectivity index (χ2n) is 6.25. The van der Waals surface area contributed by atoms with Gasteiger partial charge in [0.2, 0.25) is 9.84 Å². The summed E-state index contributed by atoms with van der Waals surface area (Å²) in [6.07, 6.45) is -1.59. The molecule has 1 saturated carbocycles. The molecular formula is C12H14FN5O5S. The number of aliphatic hydroxyl groups is 2. The van der Waals surface area contributed by atoms with Crippen molar-refractivity contribution in [3.05, 3.63) is 11.9 Å². The largest absolute Gasteiger partial charge is 0.387 e. The van der Waals surface area contributed by atoms with Gasteiger partial charge < -0.3 is 20.7 Å². The number of ether oxygens (including phenoxy) is 1. The van der Waals surface area contributed by atoms with Crippen molar-refractivity contribution in [1.29, 1.82) is 0 Å². The molecule has 4 N–H and O–H groups in total. The van der Waals surface area contributed by atoms with Crippen LogP contribution < -0.4 is 5.73 Å². The molecule has 24 heavy (non-hydrogen) atoms. The smallest absolute Gasteiger partial charge is 0.267 e. The fourth-order valence-corrected chi connectivity index (χ4v) is 3.63. The lowest BCUT2D eigenvalue weighted by Gasteiger charge is -2.28. The zero-order valence-corrected chi connectivity index (χ0v) is 13.4. The van der Waals surface area contributed by atoms with Crippen molar-refractivity contribution < 1.29 is 27.8 Å². The van der Waals surface area contributed by atoms with E-state index < -0.39 is 44.6 Å². The van der Waals surface area contributed by atoms with Crippen LogP contribution in [-0.4, -0.2) is 67.9 Å². The van der Waals surface area contributed by atoms with Gasteiger partial charge in [-0.1, -0.05) is 0 Å². The Morgan fingerprint density at radius 2 is 2.17 bits per heavy atom. The summed E-state index contributed by atoms with van der Waals surface area (Å²) in [5.41, 5.74) is 1.42. The van der Waals surface area contributed by atoms with E-state index >= 15 is 4.39 Å². The lowest BCUT2D eigenvalue weighted by molar-refractivity contribution is -0.0885. The molecule has 12 heteroatoms. The van der Waals surface area contributed by atoms with Crippen LogP contribution >= 0.6 is 0 Å². The number of aromatic nitrogens is 4. The van der Waals surface area contributed by atoms with Crippen LogP contribution in [0.2, 0.25) is 0 Å². The summed E-state index contributed by atoms with van der Waals surface area (Å²) in [6.45, 7) is 1.09. The number of nitrogen functional groups attached to an aromatic ring is 1. The summed E-state index contributed by atoms with van der Waals surface area (Å²) in [6, 6.07) is 0. The number of hydrogen-bond donors (Lipinski definition) is 3. The van der Waals surface area contributed by atoms with Gasteiger partial charge in [0.1, 0.15) is 18.3 Å². The molecule has 0 amide bonds. The molecule has 2 aliphatic rings. The minimum absolute atomic E-state index is 0.0323. The molecule has 2 fully saturated rings. The zero-order valence-electron chi connectivity index (χ0n) is 12.6. The van der Waals surface area contributed by atoms with E-state index in [0.29, 0.717) is 0 Å². The van der Waals surface area contributed by atoms with Crippen LogP contribution in [-0.2, 0) is 14.6 Å². The summed E-state index contributed by atoms with van der Waals surface area (Å²) < 4.78 is 44.9. The van der Waals surface area contributed by atoms with Gasteiger partial charge in [-0.25, -0.2) is 22.3 Å². The van der Waals surface area contributed by atoms with Gasteiger partial charge in [0.15, 0.2) is 22.7 Å². The molecule has 0 aromatic carbocycles. The maximum absolute atomic E-state index is 15.1. The average molecular weight is 359 g/mol. The summed E-state index contributed by atoms with van der Waals surface area (Å²) >= 11 is 0. The van der Waals surface area contributed by atoms with Crippen LogP contribution in [0.1, 0.15) is 18.7 Å². The van der Waals surface area contributed by atoms with Crippen LogP contribution in [0.25, 0.3) is 5.65 Å². The number of fused-ring (bicyclic) bond motifs is 2. The SMILES string of the molecule is CC1(F)C(c2cnc3c(N)nc(S(C)(=O)=O)nn23)OC2C(O)C21O. The Hall–Kier alpha value is -1.89. The topological polar surface area (TPSA) is 153 Å². The standard InChI is InChI=1S/C12H14FN5O5S/c1-11(13)6(23-7-5(19)12(7,11)20)4-3-15-9-8(14)16-10(17-18(4)9)24(2,21)22/h3,5-7,19-20H,1-2H3,(H2,14,16,17). The van der Waals surface area contributed by atoms with Crippen LogP contribution in [0.5, 0.6) is 0 Å². The van der Waals surface area contributed by atoms with E-state index in [0.717, 1.165) is 17.7 Å². The van der Waals surface area contributed by atoms with Crippen LogP contribution in [0.15, 0.2) is 11.4 Å². The highest BCUT2D eigenvalue weighted by atomic mass is 32.2. The number of halogens is 1. The first-order valence-electron chi connectivity index (χ1n) is 6.95. The van der Waals surface area contributed by atoms with Gasteiger partial charge in [-0.2, -0.15) is 4.98 Å². The van der Waals surface area contributed by atoms with Gasteiger partial charge in [0, 0.05) is 6.26 Å². The summed E-state index contributed by atoms with van der Waals surface area (Å²) in [7, 11) is -3.76. The maximum atomic E-state index is 15.1. The third-order valence-corrected chi connectivity index (χ3v) is 5.45. The molecule has 3 heterocycles. The quantitative estimate of drug-likeness (QED) is 0.574. The van der Waals surface area contributed by atoms with Crippen LogP contribution in [0.3, 0.4) is 0 Å². The number of alkyl halides is 1. The van der Waals surface area contributed by atoms with E-state index in [-0.39, 0.29) is 17.2 Å². The molecule has 4 rings (SSSR count). The van der Waals surface area contributed by atoms with Crippen molar-refractivity contribution in [1.82, 2.24) is 19.6 Å². The Morgan fingerprint density at radius 3 is 2.71 bits per heavy atom. The van der Waals surface area contributed by atoms with Gasteiger partial charge in [-0.3, -0.25) is 0 Å². The minimum Gasteiger partial charge on any atom is -0.387 e. The second kappa shape index (κ2) is 4.20. The molecule has 2 aromatic rings. The molecule has 1 aliphatic heterocycles. The van der Waals surface area contributed by atoms with Gasteiger partial charge in [-0.15, -0.1) is 5.10 Å². The minimum atomic E-state index is -3.76. The van der Waals surface area contributed by atoms with Gasteiger partial charge in [0.05, 0.1) is 11.9 Å². The predicted molar refractivity (Wildman–Crippen MR) is 76.4 cm³/mol. The Labute approximate surface area is 135 Å². The number of imidazole rings is 1. The first-order valence-corrected chi connectivity index (χ1v) is 8.84. The van der Waals surface area contributed by atoms with Crippen molar-refractivity contribution in [3.63, 3.8) is 0 Å². The van der Waals surface area contributed by atoms with E-state index in [4.69, 9.17) is 10.5 Å². The van der Waals surface area contributed by atoms with Crippen molar-refractivity contribution in [3.8, 4) is 0 Å². The third-order valence-electron chi connectivity index (χ3n) is 4.62. The zero-order chi connectivity index (χ0) is 17.7. The molecule has 130 valence electrons. The number of nitrogens with two attached hydrogens (primary N) is 1. The maximum Gasteiger partial charge on any atom is 0.267 e. The van der Waals surface area contributed by atoms with E-state index in [9.17, 15) is 18.6 Å². The Bertz CT molecular complexity index is 976. The van der Waals surface area contributed by atoms with E-state index in [2.05, 4.69) is 15.1 Å². The Balaban J connectivity index is 1.89. The molecule has 2 aromatic heterocycles. The van der Waals surface area contributed by atoms with Crippen molar-refractivity contribution in [2.45, 2.75) is 41.7 Å².